The first-order valence-corrected chi connectivity index (χ1v) is 18.0. The molecule has 0 amide bonds. The van der Waals surface area contributed by atoms with Gasteiger partial charge in [-0.05, 0) is 47.2 Å². The van der Waals surface area contributed by atoms with Crippen LogP contribution in [0.15, 0.2) is 131 Å². The zero-order valence-electron chi connectivity index (χ0n) is 29.8. The Bertz CT molecular complexity index is 1730. The molecule has 0 bridgehead atoms. The lowest BCUT2D eigenvalue weighted by atomic mass is 9.92. The monoisotopic (exact) mass is 746 g/mol. The van der Waals surface area contributed by atoms with Crippen molar-refractivity contribution in [2.75, 3.05) is 6.54 Å². The minimum atomic E-state index is -5.01. The molecule has 0 spiro atoms. The van der Waals surface area contributed by atoms with Crippen LogP contribution in [0.3, 0.4) is 0 Å². The number of aliphatic hydroxyl groups is 1. The Morgan fingerprint density at radius 1 is 0.685 bits per heavy atom. The highest BCUT2D eigenvalue weighted by Gasteiger charge is 2.53. The number of benzene rings is 4. The van der Waals surface area contributed by atoms with E-state index >= 15 is 0 Å². The average molecular weight is 747 g/mol. The molecule has 1 saturated heterocycles. The van der Waals surface area contributed by atoms with E-state index in [1.54, 1.807) is 18.2 Å². The van der Waals surface area contributed by atoms with Crippen LogP contribution in [0.5, 0.6) is 0 Å². The largest absolute Gasteiger partial charge is 0.468 e. The van der Waals surface area contributed by atoms with E-state index in [0.717, 1.165) is 29.5 Å². The Labute approximate surface area is 313 Å². The van der Waals surface area contributed by atoms with Gasteiger partial charge in [-0.25, -0.2) is 4.99 Å². The lowest BCUT2D eigenvalue weighted by molar-refractivity contribution is -0.322. The van der Waals surface area contributed by atoms with Crippen LogP contribution < -0.4 is 0 Å². The van der Waals surface area contributed by atoms with Crippen molar-refractivity contribution >= 4 is 11.6 Å². The maximum absolute atomic E-state index is 14.7. The molecule has 13 heteroatoms. The molecule has 4 aromatic carbocycles. The molecule has 1 N–H and O–H groups in total. The van der Waals surface area contributed by atoms with E-state index in [2.05, 4.69) is 15.0 Å². The number of rotatable bonds is 19. The van der Waals surface area contributed by atoms with Crippen LogP contribution in [0.25, 0.3) is 10.4 Å². The number of halogens is 3. The van der Waals surface area contributed by atoms with Gasteiger partial charge in [0.05, 0.1) is 31.6 Å². The molecule has 1 aliphatic rings. The number of para-hydroxylation sites is 1. The molecule has 1 fully saturated rings. The molecule has 5 rings (SSSR count). The van der Waals surface area contributed by atoms with Crippen LogP contribution in [-0.4, -0.2) is 60.5 Å². The fraction of sp³-hybridized carbons (Fsp3) is 0.390. The topological polar surface area (TPSA) is 128 Å². The molecule has 1 heterocycles. The third-order valence-electron chi connectivity index (χ3n) is 8.79. The van der Waals surface area contributed by atoms with Gasteiger partial charge in [0.15, 0.2) is 0 Å². The lowest BCUT2D eigenvalue weighted by Crippen LogP contribution is -2.64. The number of hydrogen-bond acceptors (Lipinski definition) is 8. The SMILES string of the molecule is [N-]=[N+]=NCCCCCCC(O)[C@H]1O[C@@H](OC(=Nc2ccccc2)C(F)(F)F)[C@H](OCc2ccccc2)[C@@H](OCc2ccccc2)[C@H]1OCc1ccccc1. The molecule has 0 aliphatic carbocycles. The Morgan fingerprint density at radius 2 is 1.17 bits per heavy atom. The first-order valence-electron chi connectivity index (χ1n) is 18.0. The van der Waals surface area contributed by atoms with Gasteiger partial charge in [-0.2, -0.15) is 13.2 Å². The van der Waals surface area contributed by atoms with Crippen molar-refractivity contribution < 1.29 is 42.0 Å². The molecular formula is C41H45F3N4O6. The van der Waals surface area contributed by atoms with Gasteiger partial charge in [0.25, 0.3) is 5.90 Å². The lowest BCUT2D eigenvalue weighted by Gasteiger charge is -2.47. The van der Waals surface area contributed by atoms with Crippen molar-refractivity contribution in [1.29, 1.82) is 0 Å². The first kappa shape index (κ1) is 40.4. The molecule has 1 unspecified atom stereocenters. The summed E-state index contributed by atoms with van der Waals surface area (Å²) in [5.74, 6) is -1.54. The van der Waals surface area contributed by atoms with Crippen molar-refractivity contribution in [3.8, 4) is 0 Å². The molecule has 54 heavy (non-hydrogen) atoms. The summed E-state index contributed by atoms with van der Waals surface area (Å²) in [6.07, 6.45) is -9.47. The Kier molecular flexibility index (Phi) is 15.9. The van der Waals surface area contributed by atoms with E-state index in [1.807, 2.05) is 91.0 Å². The number of unbranched alkanes of at least 4 members (excludes halogenated alkanes) is 3. The minimum absolute atomic E-state index is 0.00836. The van der Waals surface area contributed by atoms with Gasteiger partial charge in [0.2, 0.25) is 6.29 Å². The van der Waals surface area contributed by atoms with Gasteiger partial charge in [-0.1, -0.05) is 134 Å². The van der Waals surface area contributed by atoms with E-state index in [0.29, 0.717) is 19.4 Å². The third-order valence-corrected chi connectivity index (χ3v) is 8.79. The van der Waals surface area contributed by atoms with E-state index < -0.39 is 48.9 Å². The number of alkyl halides is 3. The van der Waals surface area contributed by atoms with Gasteiger partial charge in [-0.15, -0.1) is 0 Å². The average Bonchev–Trinajstić information content (AvgIpc) is 3.19. The van der Waals surface area contributed by atoms with E-state index in [4.69, 9.17) is 29.2 Å². The maximum atomic E-state index is 14.7. The molecular weight excluding hydrogens is 701 g/mol. The number of aliphatic imine (C=N–C) groups is 1. The predicted octanol–water partition coefficient (Wildman–Crippen LogP) is 9.40. The number of ether oxygens (including phenoxy) is 5. The highest BCUT2D eigenvalue weighted by atomic mass is 19.4. The molecule has 1 aliphatic heterocycles. The van der Waals surface area contributed by atoms with Crippen LogP contribution in [-0.2, 0) is 43.5 Å². The van der Waals surface area contributed by atoms with Crippen LogP contribution >= 0.6 is 0 Å². The van der Waals surface area contributed by atoms with Gasteiger partial charge in [0.1, 0.15) is 24.4 Å². The zero-order chi connectivity index (χ0) is 38.0. The number of aliphatic hydroxyl groups excluding tert-OH is 1. The summed E-state index contributed by atoms with van der Waals surface area (Å²) in [4.78, 5) is 6.60. The van der Waals surface area contributed by atoms with Gasteiger partial charge >= 0.3 is 6.18 Å². The summed E-state index contributed by atoms with van der Waals surface area (Å²) in [5, 5.41) is 15.3. The summed E-state index contributed by atoms with van der Waals surface area (Å²) in [6.45, 7) is 0.525. The number of nitrogens with zero attached hydrogens (tertiary/aromatic N) is 4. The second-order valence-electron chi connectivity index (χ2n) is 12.8. The fourth-order valence-electron chi connectivity index (χ4n) is 6.08. The molecule has 0 aromatic heterocycles. The van der Waals surface area contributed by atoms with Crippen molar-refractivity contribution in [3.63, 3.8) is 0 Å². The number of azide groups is 1. The summed E-state index contributed by atoms with van der Waals surface area (Å²) in [6, 6.07) is 35.6. The zero-order valence-corrected chi connectivity index (χ0v) is 29.8. The first-order chi connectivity index (χ1) is 26.3. The van der Waals surface area contributed by atoms with Crippen LogP contribution in [0, 0.1) is 0 Å². The third kappa shape index (κ3) is 12.7. The second-order valence-corrected chi connectivity index (χ2v) is 12.8. The van der Waals surface area contributed by atoms with E-state index in [1.165, 1.54) is 12.1 Å². The Balaban J connectivity index is 1.52. The fourth-order valence-corrected chi connectivity index (χ4v) is 6.08. The highest BCUT2D eigenvalue weighted by Crippen LogP contribution is 2.35. The van der Waals surface area contributed by atoms with Crippen molar-refractivity contribution in [2.24, 2.45) is 10.1 Å². The smallest absolute Gasteiger partial charge is 0.441 e. The summed E-state index contributed by atoms with van der Waals surface area (Å²) in [5.41, 5.74) is 11.0. The standard InChI is InChI=1S/C41H45F3N4O6/c42-41(43,44)40(47-33-23-13-6-14-24-33)54-39-38(52-29-32-21-11-5-12-22-32)37(51-28-31-19-9-4-10-20-31)36(50-27-30-17-7-3-8-18-30)35(53-39)34(49)25-15-1-2-16-26-46-48-45/h3-14,17-24,34-39,49H,1-2,15-16,25-29H2/t34?,35-,36+,37+,38-,39+/m1/s1. The van der Waals surface area contributed by atoms with Crippen molar-refractivity contribution in [1.82, 2.24) is 0 Å². The normalized spacial score (nSPS) is 20.9. The molecule has 0 radical (unpaired) electrons. The molecule has 6 atom stereocenters. The molecule has 0 saturated carbocycles. The van der Waals surface area contributed by atoms with E-state index in [9.17, 15) is 18.3 Å². The van der Waals surface area contributed by atoms with Gasteiger partial charge < -0.3 is 28.8 Å². The molecule has 10 nitrogen and oxygen atoms in total. The summed E-state index contributed by atoms with van der Waals surface area (Å²) >= 11 is 0. The summed E-state index contributed by atoms with van der Waals surface area (Å²) < 4.78 is 75.6. The second kappa shape index (κ2) is 21.2. The summed E-state index contributed by atoms with van der Waals surface area (Å²) in [7, 11) is 0. The quantitative estimate of drug-likeness (QED) is 0.0254. The van der Waals surface area contributed by atoms with E-state index in [-0.39, 0.29) is 31.9 Å². The van der Waals surface area contributed by atoms with Crippen molar-refractivity contribution in [3.05, 3.63) is 148 Å². The number of hydrogen-bond donors (Lipinski definition) is 1. The van der Waals surface area contributed by atoms with Crippen LogP contribution in [0.1, 0.15) is 48.8 Å². The molecule has 286 valence electrons. The van der Waals surface area contributed by atoms with Crippen molar-refractivity contribution in [2.45, 2.75) is 94.9 Å². The van der Waals surface area contributed by atoms with Crippen LogP contribution in [0.2, 0.25) is 0 Å². The Hall–Kier alpha value is -4.75. The molecule has 4 aromatic rings. The predicted molar refractivity (Wildman–Crippen MR) is 197 cm³/mol. The highest BCUT2D eigenvalue weighted by molar-refractivity contribution is 5.84. The maximum Gasteiger partial charge on any atom is 0.468 e. The minimum Gasteiger partial charge on any atom is -0.441 e. The van der Waals surface area contributed by atoms with Gasteiger partial charge in [-0.3, -0.25) is 0 Å². The van der Waals surface area contributed by atoms with Crippen LogP contribution in [0.4, 0.5) is 18.9 Å². The Morgan fingerprint density at radius 3 is 1.69 bits per heavy atom. The van der Waals surface area contributed by atoms with Gasteiger partial charge in [0, 0.05) is 11.5 Å².